The Labute approximate surface area is 88.1 Å². The summed E-state index contributed by atoms with van der Waals surface area (Å²) in [5, 5.41) is 12.3. The monoisotopic (exact) mass is 214 g/mol. The van der Waals surface area contributed by atoms with E-state index in [0.29, 0.717) is 13.1 Å². The van der Waals surface area contributed by atoms with Crippen LogP contribution in [0, 0.1) is 5.82 Å². The number of aliphatic hydroxyl groups excluding tert-OH is 1. The van der Waals surface area contributed by atoms with Gasteiger partial charge in [0.25, 0.3) is 0 Å². The van der Waals surface area contributed by atoms with E-state index in [9.17, 15) is 9.50 Å². The maximum absolute atomic E-state index is 12.7. The van der Waals surface area contributed by atoms with Crippen LogP contribution >= 0.6 is 0 Å². The smallest absolute Gasteiger partial charge is 0.141 e. The lowest BCUT2D eigenvalue weighted by atomic mass is 10.2. The van der Waals surface area contributed by atoms with Crippen molar-refractivity contribution in [3.63, 3.8) is 0 Å². The molecule has 1 heterocycles. The lowest BCUT2D eigenvalue weighted by Crippen LogP contribution is -2.29. The molecular formula is C10H15FN2O2. The Morgan fingerprint density at radius 2 is 2.40 bits per heavy atom. The Morgan fingerprint density at radius 3 is 3.07 bits per heavy atom. The zero-order valence-electron chi connectivity index (χ0n) is 8.61. The fraction of sp³-hybridized carbons (Fsp3) is 0.500. The number of hydrogen-bond acceptors (Lipinski definition) is 4. The van der Waals surface area contributed by atoms with Crippen molar-refractivity contribution in [1.82, 2.24) is 10.3 Å². The predicted octanol–water partition coefficient (Wildman–Crippen LogP) is 0.318. The Morgan fingerprint density at radius 1 is 1.60 bits per heavy atom. The number of hydrogen-bond donors (Lipinski definition) is 2. The molecule has 1 aromatic rings. The minimum atomic E-state index is -0.545. The average Bonchev–Trinajstić information content (AvgIpc) is 2.18. The van der Waals surface area contributed by atoms with Crippen molar-refractivity contribution < 1.29 is 14.2 Å². The molecule has 2 N–H and O–H groups in total. The van der Waals surface area contributed by atoms with Crippen molar-refractivity contribution in [2.45, 2.75) is 12.6 Å². The molecule has 4 nitrogen and oxygen atoms in total. The van der Waals surface area contributed by atoms with Crippen molar-refractivity contribution in [2.75, 3.05) is 20.3 Å². The number of aliphatic hydroxyl groups is 1. The first-order valence-electron chi connectivity index (χ1n) is 4.69. The van der Waals surface area contributed by atoms with E-state index in [1.165, 1.54) is 13.2 Å². The molecule has 0 saturated heterocycles. The summed E-state index contributed by atoms with van der Waals surface area (Å²) in [7, 11) is 1.53. The molecule has 0 aliphatic heterocycles. The van der Waals surface area contributed by atoms with E-state index in [0.717, 1.165) is 11.8 Å². The third kappa shape index (κ3) is 4.83. The first-order valence-corrected chi connectivity index (χ1v) is 4.69. The first-order chi connectivity index (χ1) is 7.22. The van der Waals surface area contributed by atoms with Crippen molar-refractivity contribution >= 4 is 0 Å². The van der Waals surface area contributed by atoms with Gasteiger partial charge in [0.15, 0.2) is 0 Å². The van der Waals surface area contributed by atoms with Crippen LogP contribution in [0.3, 0.4) is 0 Å². The highest BCUT2D eigenvalue weighted by molar-refractivity contribution is 5.09. The Bertz CT molecular complexity index is 297. The van der Waals surface area contributed by atoms with Gasteiger partial charge >= 0.3 is 0 Å². The van der Waals surface area contributed by atoms with E-state index < -0.39 is 6.10 Å². The SMILES string of the molecule is COCC(O)CNCc1cncc(F)c1. The first kappa shape index (κ1) is 12.0. The zero-order chi connectivity index (χ0) is 11.1. The standard InChI is InChI=1S/C10H15FN2O2/c1-15-7-10(14)6-13-4-8-2-9(11)5-12-3-8/h2-3,5,10,13-14H,4,6-7H2,1H3. The Kier molecular flexibility index (Phi) is 5.17. The van der Waals surface area contributed by atoms with Gasteiger partial charge in [0.2, 0.25) is 0 Å². The van der Waals surface area contributed by atoms with Crippen LogP contribution in [0.5, 0.6) is 0 Å². The summed E-state index contributed by atoms with van der Waals surface area (Å²) in [5.41, 5.74) is 0.750. The lowest BCUT2D eigenvalue weighted by molar-refractivity contribution is 0.0644. The molecule has 15 heavy (non-hydrogen) atoms. The van der Waals surface area contributed by atoms with Crippen LogP contribution < -0.4 is 5.32 Å². The van der Waals surface area contributed by atoms with Gasteiger partial charge in [0, 0.05) is 26.4 Å². The molecule has 0 radical (unpaired) electrons. The highest BCUT2D eigenvalue weighted by Gasteiger charge is 2.02. The molecule has 1 aromatic heterocycles. The van der Waals surface area contributed by atoms with E-state index in [-0.39, 0.29) is 12.4 Å². The van der Waals surface area contributed by atoms with E-state index >= 15 is 0 Å². The second kappa shape index (κ2) is 6.44. The molecule has 0 fully saturated rings. The highest BCUT2D eigenvalue weighted by atomic mass is 19.1. The maximum Gasteiger partial charge on any atom is 0.141 e. The average molecular weight is 214 g/mol. The van der Waals surface area contributed by atoms with Crippen molar-refractivity contribution in [1.29, 1.82) is 0 Å². The number of nitrogens with zero attached hydrogens (tertiary/aromatic N) is 1. The maximum atomic E-state index is 12.7. The van der Waals surface area contributed by atoms with Crippen LogP contribution in [0.15, 0.2) is 18.5 Å². The van der Waals surface area contributed by atoms with Gasteiger partial charge in [0.1, 0.15) is 5.82 Å². The normalized spacial score (nSPS) is 12.7. The van der Waals surface area contributed by atoms with Crippen molar-refractivity contribution in [3.8, 4) is 0 Å². The molecule has 0 saturated carbocycles. The highest BCUT2D eigenvalue weighted by Crippen LogP contribution is 1.99. The summed E-state index contributed by atoms with van der Waals surface area (Å²) >= 11 is 0. The summed E-state index contributed by atoms with van der Waals surface area (Å²) in [6, 6.07) is 1.41. The molecule has 1 atom stereocenters. The third-order valence-corrected chi connectivity index (χ3v) is 1.83. The summed E-state index contributed by atoms with van der Waals surface area (Å²) in [5.74, 6) is -0.355. The van der Waals surface area contributed by atoms with Crippen LogP contribution in [0.4, 0.5) is 4.39 Å². The van der Waals surface area contributed by atoms with Gasteiger partial charge in [-0.25, -0.2) is 4.39 Å². The van der Waals surface area contributed by atoms with Crippen LogP contribution in [-0.2, 0) is 11.3 Å². The molecular weight excluding hydrogens is 199 g/mol. The molecule has 0 spiro atoms. The summed E-state index contributed by atoms with van der Waals surface area (Å²) in [6.45, 7) is 1.17. The molecule has 0 aliphatic carbocycles. The number of aromatic nitrogens is 1. The number of rotatable bonds is 6. The van der Waals surface area contributed by atoms with Crippen LogP contribution in [-0.4, -0.2) is 36.5 Å². The van der Waals surface area contributed by atoms with Gasteiger partial charge in [0.05, 0.1) is 18.9 Å². The minimum absolute atomic E-state index is 0.286. The Balaban J connectivity index is 2.25. The van der Waals surface area contributed by atoms with Crippen LogP contribution in [0.2, 0.25) is 0 Å². The molecule has 0 bridgehead atoms. The fourth-order valence-corrected chi connectivity index (χ4v) is 1.19. The topological polar surface area (TPSA) is 54.4 Å². The van der Waals surface area contributed by atoms with Gasteiger partial charge in [-0.05, 0) is 11.6 Å². The number of ether oxygens (including phenoxy) is 1. The van der Waals surface area contributed by atoms with Crippen LogP contribution in [0.1, 0.15) is 5.56 Å². The largest absolute Gasteiger partial charge is 0.389 e. The van der Waals surface area contributed by atoms with Crippen LogP contribution in [0.25, 0.3) is 0 Å². The van der Waals surface area contributed by atoms with Gasteiger partial charge in [-0.1, -0.05) is 0 Å². The van der Waals surface area contributed by atoms with E-state index in [1.807, 2.05) is 0 Å². The molecule has 0 amide bonds. The second-order valence-electron chi connectivity index (χ2n) is 3.25. The van der Waals surface area contributed by atoms with Crippen molar-refractivity contribution in [3.05, 3.63) is 29.8 Å². The fourth-order valence-electron chi connectivity index (χ4n) is 1.19. The van der Waals surface area contributed by atoms with E-state index in [2.05, 4.69) is 10.3 Å². The molecule has 1 rings (SSSR count). The lowest BCUT2D eigenvalue weighted by Gasteiger charge is -2.10. The third-order valence-electron chi connectivity index (χ3n) is 1.83. The van der Waals surface area contributed by atoms with Gasteiger partial charge in [-0.15, -0.1) is 0 Å². The molecule has 0 aromatic carbocycles. The molecule has 5 heteroatoms. The Hall–Kier alpha value is -1.04. The number of methoxy groups -OCH3 is 1. The van der Waals surface area contributed by atoms with Gasteiger partial charge in [-0.3, -0.25) is 4.98 Å². The molecule has 1 unspecified atom stereocenters. The predicted molar refractivity (Wildman–Crippen MR) is 53.8 cm³/mol. The van der Waals surface area contributed by atoms with Gasteiger partial charge < -0.3 is 15.2 Å². The quantitative estimate of drug-likeness (QED) is 0.716. The van der Waals surface area contributed by atoms with Crippen molar-refractivity contribution in [2.24, 2.45) is 0 Å². The molecule has 0 aliphatic rings. The number of halogens is 1. The zero-order valence-corrected chi connectivity index (χ0v) is 8.61. The summed E-state index contributed by atoms with van der Waals surface area (Å²) in [4.78, 5) is 3.72. The minimum Gasteiger partial charge on any atom is -0.389 e. The number of nitrogens with one attached hydrogen (secondary N) is 1. The summed E-state index contributed by atoms with van der Waals surface area (Å²) < 4.78 is 17.5. The molecule has 84 valence electrons. The number of pyridine rings is 1. The van der Waals surface area contributed by atoms with E-state index in [1.54, 1.807) is 6.20 Å². The van der Waals surface area contributed by atoms with Gasteiger partial charge in [-0.2, -0.15) is 0 Å². The van der Waals surface area contributed by atoms with E-state index in [4.69, 9.17) is 4.74 Å². The summed E-state index contributed by atoms with van der Waals surface area (Å²) in [6.07, 6.45) is 2.19. The second-order valence-corrected chi connectivity index (χ2v) is 3.25.